The number of carbonyl (C=O) groups is 1. The van der Waals surface area contributed by atoms with Crippen LogP contribution in [0.15, 0.2) is 54.6 Å². The summed E-state index contributed by atoms with van der Waals surface area (Å²) < 4.78 is 0. The summed E-state index contributed by atoms with van der Waals surface area (Å²) in [5.41, 5.74) is 3.35. The van der Waals surface area contributed by atoms with Crippen LogP contribution in [-0.2, 0) is 6.54 Å². The first-order chi connectivity index (χ1) is 12.7. The van der Waals surface area contributed by atoms with E-state index < -0.39 is 0 Å². The molecule has 2 unspecified atom stereocenters. The average molecular weight is 349 g/mol. The highest BCUT2D eigenvalue weighted by Crippen LogP contribution is 2.23. The minimum Gasteiger partial charge on any atom is -0.349 e. The molecule has 26 heavy (non-hydrogen) atoms. The van der Waals surface area contributed by atoms with E-state index in [-0.39, 0.29) is 5.91 Å². The minimum atomic E-state index is 0.0864. The summed E-state index contributed by atoms with van der Waals surface area (Å²) in [5, 5.41) is 3.32. The average Bonchev–Trinajstić information content (AvgIpc) is 2.63. The van der Waals surface area contributed by atoms with Crippen LogP contribution in [-0.4, -0.2) is 24.0 Å². The lowest BCUT2D eigenvalue weighted by Gasteiger charge is -2.46. The van der Waals surface area contributed by atoms with Crippen molar-refractivity contribution >= 4 is 5.91 Å². The summed E-state index contributed by atoms with van der Waals surface area (Å²) in [7, 11) is 0. The lowest BCUT2D eigenvalue weighted by atomic mass is 9.81. The fourth-order valence-corrected chi connectivity index (χ4v) is 4.93. The first-order valence-corrected chi connectivity index (χ1v) is 9.96. The number of quaternary nitrogens is 1. The molecule has 2 heterocycles. The van der Waals surface area contributed by atoms with Gasteiger partial charge in [-0.15, -0.1) is 0 Å². The maximum atomic E-state index is 12.6. The van der Waals surface area contributed by atoms with Crippen LogP contribution in [0, 0.1) is 6.92 Å². The van der Waals surface area contributed by atoms with Crippen molar-refractivity contribution in [3.05, 3.63) is 71.3 Å². The molecule has 0 aliphatic carbocycles. The molecular weight excluding hydrogens is 320 g/mol. The Morgan fingerprint density at radius 1 is 1.04 bits per heavy atom. The fourth-order valence-electron chi connectivity index (χ4n) is 4.93. The van der Waals surface area contributed by atoms with E-state index in [1.54, 1.807) is 4.90 Å². The number of amides is 1. The maximum absolute atomic E-state index is 12.6. The highest BCUT2D eigenvalue weighted by atomic mass is 16.1. The van der Waals surface area contributed by atoms with Gasteiger partial charge in [0.25, 0.3) is 5.91 Å². The van der Waals surface area contributed by atoms with Crippen LogP contribution in [0.3, 0.4) is 0 Å². The molecule has 2 aromatic carbocycles. The number of hydrogen-bond donors (Lipinski definition) is 2. The molecular formula is C23H29N2O+. The number of carbonyl (C=O) groups excluding carboxylic acids is 1. The van der Waals surface area contributed by atoms with Crippen LogP contribution in [0.1, 0.15) is 53.6 Å². The van der Waals surface area contributed by atoms with Crippen LogP contribution in [0.5, 0.6) is 0 Å². The minimum absolute atomic E-state index is 0.0864. The van der Waals surface area contributed by atoms with Gasteiger partial charge in [0.15, 0.2) is 0 Å². The van der Waals surface area contributed by atoms with E-state index in [4.69, 9.17) is 0 Å². The number of fused-ring (bicyclic) bond motifs is 2. The van der Waals surface area contributed by atoms with Crippen molar-refractivity contribution in [3.8, 4) is 0 Å². The number of aryl methyl sites for hydroxylation is 1. The molecule has 2 N–H and O–H groups in total. The van der Waals surface area contributed by atoms with Crippen molar-refractivity contribution < 1.29 is 9.69 Å². The van der Waals surface area contributed by atoms with Gasteiger partial charge in [0.1, 0.15) is 6.54 Å². The van der Waals surface area contributed by atoms with Gasteiger partial charge in [0.05, 0.1) is 12.1 Å². The van der Waals surface area contributed by atoms with Crippen molar-refractivity contribution in [2.24, 2.45) is 0 Å². The number of rotatable bonds is 4. The third-order valence-corrected chi connectivity index (χ3v) is 6.16. The Kier molecular flexibility index (Phi) is 5.07. The monoisotopic (exact) mass is 349 g/mol. The van der Waals surface area contributed by atoms with Crippen molar-refractivity contribution in [2.45, 2.75) is 63.7 Å². The van der Waals surface area contributed by atoms with Crippen LogP contribution in [0.4, 0.5) is 0 Å². The molecule has 2 aliphatic rings. The first-order valence-electron chi connectivity index (χ1n) is 9.96. The zero-order valence-corrected chi connectivity index (χ0v) is 15.6. The SMILES string of the molecule is Cc1cccc(C(=O)NC2C[C@H]3CCC[C@@H](C2)[NH+]3Cc2ccccc2)c1. The third-order valence-electron chi connectivity index (χ3n) is 6.16. The summed E-state index contributed by atoms with van der Waals surface area (Å²) in [6.45, 7) is 3.15. The molecule has 3 nitrogen and oxygen atoms in total. The van der Waals surface area contributed by atoms with Crippen LogP contribution >= 0.6 is 0 Å². The Labute approximate surface area is 156 Å². The molecule has 2 saturated heterocycles. The molecule has 136 valence electrons. The predicted molar refractivity (Wildman–Crippen MR) is 104 cm³/mol. The van der Waals surface area contributed by atoms with Gasteiger partial charge in [-0.25, -0.2) is 0 Å². The molecule has 0 aromatic heterocycles. The molecule has 4 atom stereocenters. The van der Waals surface area contributed by atoms with Crippen LogP contribution in [0.2, 0.25) is 0 Å². The van der Waals surface area contributed by atoms with Crippen molar-refractivity contribution in [3.63, 3.8) is 0 Å². The standard InChI is InChI=1S/C23H28N2O/c1-17-7-5-10-19(13-17)23(26)24-20-14-21-11-6-12-22(15-20)25(21)16-18-8-3-2-4-9-18/h2-5,7-10,13,20-22H,6,11-12,14-16H2,1H3,(H,24,26)/p+1/t20?,21-,22+. The topological polar surface area (TPSA) is 33.5 Å². The largest absolute Gasteiger partial charge is 0.349 e. The summed E-state index contributed by atoms with van der Waals surface area (Å²) in [6, 6.07) is 20.4. The zero-order chi connectivity index (χ0) is 17.9. The predicted octanol–water partition coefficient (Wildman–Crippen LogP) is 2.89. The van der Waals surface area contributed by atoms with Gasteiger partial charge in [-0.3, -0.25) is 4.79 Å². The second kappa shape index (κ2) is 7.63. The fraction of sp³-hybridized carbons (Fsp3) is 0.435. The van der Waals surface area contributed by atoms with Gasteiger partial charge < -0.3 is 10.2 Å². The third kappa shape index (κ3) is 3.83. The molecule has 0 spiro atoms. The first kappa shape index (κ1) is 17.3. The second-order valence-electron chi connectivity index (χ2n) is 8.07. The molecule has 2 bridgehead atoms. The highest BCUT2D eigenvalue weighted by Gasteiger charge is 2.42. The quantitative estimate of drug-likeness (QED) is 0.874. The Hall–Kier alpha value is -2.13. The van der Waals surface area contributed by atoms with Gasteiger partial charge in [0, 0.05) is 30.0 Å². The van der Waals surface area contributed by atoms with E-state index >= 15 is 0 Å². The molecule has 4 rings (SSSR count). The Morgan fingerprint density at radius 2 is 1.77 bits per heavy atom. The molecule has 0 saturated carbocycles. The Morgan fingerprint density at radius 3 is 2.46 bits per heavy atom. The van der Waals surface area contributed by atoms with Gasteiger partial charge >= 0.3 is 0 Å². The lowest BCUT2D eigenvalue weighted by molar-refractivity contribution is -0.973. The molecule has 0 radical (unpaired) electrons. The van der Waals surface area contributed by atoms with Crippen molar-refractivity contribution in [1.29, 1.82) is 0 Å². The number of nitrogens with one attached hydrogen (secondary N) is 2. The van der Waals surface area contributed by atoms with E-state index in [2.05, 4.69) is 35.6 Å². The number of hydrogen-bond acceptors (Lipinski definition) is 1. The molecule has 2 fully saturated rings. The zero-order valence-electron chi connectivity index (χ0n) is 15.6. The van der Waals surface area contributed by atoms with Gasteiger partial charge in [-0.1, -0.05) is 48.0 Å². The number of piperidine rings is 2. The van der Waals surface area contributed by atoms with Gasteiger partial charge in [-0.05, 0) is 38.3 Å². The smallest absolute Gasteiger partial charge is 0.251 e. The van der Waals surface area contributed by atoms with E-state index in [9.17, 15) is 4.79 Å². The van der Waals surface area contributed by atoms with E-state index in [0.29, 0.717) is 18.1 Å². The summed E-state index contributed by atoms with van der Waals surface area (Å²) in [4.78, 5) is 14.4. The second-order valence-corrected chi connectivity index (χ2v) is 8.07. The van der Waals surface area contributed by atoms with Crippen LogP contribution < -0.4 is 10.2 Å². The van der Waals surface area contributed by atoms with Crippen molar-refractivity contribution in [1.82, 2.24) is 5.32 Å². The molecule has 1 amide bonds. The summed E-state index contributed by atoms with van der Waals surface area (Å²) in [6.07, 6.45) is 6.13. The van der Waals surface area contributed by atoms with Gasteiger partial charge in [-0.2, -0.15) is 0 Å². The molecule has 2 aromatic rings. The maximum Gasteiger partial charge on any atom is 0.251 e. The van der Waals surface area contributed by atoms with E-state index in [1.807, 2.05) is 31.2 Å². The van der Waals surface area contributed by atoms with Crippen molar-refractivity contribution in [2.75, 3.05) is 0 Å². The normalized spacial score (nSPS) is 27.7. The summed E-state index contributed by atoms with van der Waals surface area (Å²) in [5.74, 6) is 0.0864. The highest BCUT2D eigenvalue weighted by molar-refractivity contribution is 5.94. The van der Waals surface area contributed by atoms with E-state index in [0.717, 1.165) is 30.5 Å². The van der Waals surface area contributed by atoms with Crippen LogP contribution in [0.25, 0.3) is 0 Å². The lowest BCUT2D eigenvalue weighted by Crippen LogP contribution is -3.20. The Bertz CT molecular complexity index is 744. The molecule has 2 aliphatic heterocycles. The Balaban J connectivity index is 1.42. The summed E-state index contributed by atoms with van der Waals surface area (Å²) >= 11 is 0. The van der Waals surface area contributed by atoms with Gasteiger partial charge in [0.2, 0.25) is 0 Å². The van der Waals surface area contributed by atoms with E-state index in [1.165, 1.54) is 24.8 Å². The number of benzene rings is 2. The molecule has 3 heteroatoms.